The lowest BCUT2D eigenvalue weighted by atomic mass is 10.1. The van der Waals surface area contributed by atoms with Crippen LogP contribution in [0.1, 0.15) is 27.6 Å². The summed E-state index contributed by atoms with van der Waals surface area (Å²) >= 11 is 0. The number of pyridine rings is 1. The standard InChI is InChI=1S/C18H18N4O4S/c1-12-4-3-5-13(8-12)15-7-6-14(9-19-15)18(23)20-10-17-21-16(22-26-17)11-27(2,24)25/h3-9H,10-11H2,1-2H3,(H,20,23). The van der Waals surface area contributed by atoms with E-state index in [1.165, 1.54) is 6.20 Å². The molecule has 0 bridgehead atoms. The minimum Gasteiger partial charge on any atom is -0.343 e. The van der Waals surface area contributed by atoms with E-state index in [0.29, 0.717) is 5.56 Å². The summed E-state index contributed by atoms with van der Waals surface area (Å²) in [5, 5.41) is 6.21. The number of carbonyl (C=O) groups excluding carboxylic acids is 1. The third-order valence-electron chi connectivity index (χ3n) is 3.64. The van der Waals surface area contributed by atoms with Gasteiger partial charge in [-0.15, -0.1) is 0 Å². The molecule has 0 fully saturated rings. The van der Waals surface area contributed by atoms with Gasteiger partial charge in [-0.1, -0.05) is 28.9 Å². The first-order chi connectivity index (χ1) is 12.8. The van der Waals surface area contributed by atoms with Gasteiger partial charge in [0.1, 0.15) is 5.75 Å². The summed E-state index contributed by atoms with van der Waals surface area (Å²) in [6, 6.07) is 11.4. The van der Waals surface area contributed by atoms with Crippen molar-refractivity contribution in [2.24, 2.45) is 0 Å². The first-order valence-corrected chi connectivity index (χ1v) is 10.2. The minimum absolute atomic E-state index is 0.00474. The Morgan fingerprint density at radius 3 is 2.70 bits per heavy atom. The molecule has 140 valence electrons. The summed E-state index contributed by atoms with van der Waals surface area (Å²) in [6.45, 7) is 2.00. The molecule has 27 heavy (non-hydrogen) atoms. The van der Waals surface area contributed by atoms with Gasteiger partial charge in [-0.3, -0.25) is 9.78 Å². The second-order valence-corrected chi connectivity index (χ2v) is 8.30. The number of rotatable bonds is 6. The van der Waals surface area contributed by atoms with Gasteiger partial charge in [0.2, 0.25) is 5.89 Å². The Labute approximate surface area is 156 Å². The van der Waals surface area contributed by atoms with Crippen LogP contribution in [0.15, 0.2) is 47.1 Å². The fraction of sp³-hybridized carbons (Fsp3) is 0.222. The zero-order valence-corrected chi connectivity index (χ0v) is 15.7. The maximum absolute atomic E-state index is 12.2. The molecule has 1 N–H and O–H groups in total. The van der Waals surface area contributed by atoms with Crippen molar-refractivity contribution < 1.29 is 17.7 Å². The van der Waals surface area contributed by atoms with Crippen molar-refractivity contribution in [1.29, 1.82) is 0 Å². The zero-order valence-electron chi connectivity index (χ0n) is 14.8. The predicted octanol–water partition coefficient (Wildman–Crippen LogP) is 1.91. The quantitative estimate of drug-likeness (QED) is 0.688. The number of hydrogen-bond acceptors (Lipinski definition) is 7. The van der Waals surface area contributed by atoms with Crippen LogP contribution >= 0.6 is 0 Å². The Balaban J connectivity index is 1.61. The molecule has 0 aliphatic carbocycles. The number of sulfone groups is 1. The Morgan fingerprint density at radius 1 is 1.22 bits per heavy atom. The van der Waals surface area contributed by atoms with E-state index < -0.39 is 9.84 Å². The fourth-order valence-electron chi connectivity index (χ4n) is 2.42. The number of aryl methyl sites for hydroxylation is 1. The molecular weight excluding hydrogens is 368 g/mol. The topological polar surface area (TPSA) is 115 Å². The molecule has 3 rings (SSSR count). The average Bonchev–Trinajstić information content (AvgIpc) is 3.05. The molecule has 0 radical (unpaired) electrons. The van der Waals surface area contributed by atoms with Crippen LogP contribution in [0.25, 0.3) is 11.3 Å². The summed E-state index contributed by atoms with van der Waals surface area (Å²) in [6.07, 6.45) is 2.58. The van der Waals surface area contributed by atoms with Crippen LogP contribution in [0.3, 0.4) is 0 Å². The summed E-state index contributed by atoms with van der Waals surface area (Å²) < 4.78 is 27.4. The number of hydrogen-bond donors (Lipinski definition) is 1. The highest BCUT2D eigenvalue weighted by molar-refractivity contribution is 7.89. The molecule has 0 spiro atoms. The SMILES string of the molecule is Cc1cccc(-c2ccc(C(=O)NCc3nc(CS(C)(=O)=O)no3)cn2)c1. The molecule has 2 aromatic heterocycles. The van der Waals surface area contributed by atoms with E-state index in [1.54, 1.807) is 12.1 Å². The molecule has 0 saturated heterocycles. The largest absolute Gasteiger partial charge is 0.343 e. The van der Waals surface area contributed by atoms with Gasteiger partial charge in [-0.25, -0.2) is 8.42 Å². The van der Waals surface area contributed by atoms with Gasteiger partial charge in [0, 0.05) is 18.0 Å². The minimum atomic E-state index is -3.25. The first kappa shape index (κ1) is 18.7. The lowest BCUT2D eigenvalue weighted by Crippen LogP contribution is -2.23. The summed E-state index contributed by atoms with van der Waals surface area (Å²) in [5.74, 6) is -0.465. The molecule has 2 heterocycles. The highest BCUT2D eigenvalue weighted by Gasteiger charge is 2.13. The van der Waals surface area contributed by atoms with Crippen molar-refractivity contribution in [2.45, 2.75) is 19.2 Å². The molecule has 0 aliphatic rings. The van der Waals surface area contributed by atoms with Crippen LogP contribution in [-0.4, -0.2) is 35.7 Å². The van der Waals surface area contributed by atoms with Gasteiger partial charge in [0.25, 0.3) is 5.91 Å². The van der Waals surface area contributed by atoms with Crippen molar-refractivity contribution in [1.82, 2.24) is 20.4 Å². The second kappa shape index (κ2) is 7.67. The van der Waals surface area contributed by atoms with E-state index in [1.807, 2.05) is 31.2 Å². The van der Waals surface area contributed by atoms with Crippen LogP contribution in [0.2, 0.25) is 0 Å². The maximum Gasteiger partial charge on any atom is 0.253 e. The van der Waals surface area contributed by atoms with Crippen molar-refractivity contribution in [3.05, 3.63) is 65.4 Å². The van der Waals surface area contributed by atoms with Crippen LogP contribution in [-0.2, 0) is 22.1 Å². The molecule has 0 saturated carbocycles. The number of carbonyl (C=O) groups is 1. The maximum atomic E-state index is 12.2. The summed E-state index contributed by atoms with van der Waals surface area (Å²) in [5.41, 5.74) is 3.27. The number of benzene rings is 1. The molecule has 0 atom stereocenters. The second-order valence-electron chi connectivity index (χ2n) is 6.16. The number of amides is 1. The van der Waals surface area contributed by atoms with Crippen LogP contribution in [0.5, 0.6) is 0 Å². The van der Waals surface area contributed by atoms with E-state index in [4.69, 9.17) is 4.52 Å². The van der Waals surface area contributed by atoms with Gasteiger partial charge >= 0.3 is 0 Å². The highest BCUT2D eigenvalue weighted by atomic mass is 32.2. The normalized spacial score (nSPS) is 11.3. The Bertz CT molecular complexity index is 1060. The predicted molar refractivity (Wildman–Crippen MR) is 98.4 cm³/mol. The highest BCUT2D eigenvalue weighted by Crippen LogP contribution is 2.18. The molecule has 1 aromatic carbocycles. The third-order valence-corrected chi connectivity index (χ3v) is 4.42. The molecule has 3 aromatic rings. The van der Waals surface area contributed by atoms with E-state index in [9.17, 15) is 13.2 Å². The van der Waals surface area contributed by atoms with Gasteiger partial charge in [0.05, 0.1) is 17.8 Å². The van der Waals surface area contributed by atoms with Gasteiger partial charge in [-0.05, 0) is 25.1 Å². The summed E-state index contributed by atoms with van der Waals surface area (Å²) in [4.78, 5) is 20.5. The number of aromatic nitrogens is 3. The average molecular weight is 386 g/mol. The van der Waals surface area contributed by atoms with E-state index in [0.717, 1.165) is 23.1 Å². The third kappa shape index (κ3) is 5.20. The molecule has 0 unspecified atom stereocenters. The Morgan fingerprint density at radius 2 is 2.04 bits per heavy atom. The number of nitrogens with one attached hydrogen (secondary N) is 1. The lowest BCUT2D eigenvalue weighted by molar-refractivity contribution is 0.0946. The molecule has 1 amide bonds. The van der Waals surface area contributed by atoms with Crippen molar-refractivity contribution in [3.8, 4) is 11.3 Å². The van der Waals surface area contributed by atoms with E-state index in [-0.39, 0.29) is 29.9 Å². The van der Waals surface area contributed by atoms with E-state index >= 15 is 0 Å². The molecule has 9 heteroatoms. The van der Waals surface area contributed by atoms with Crippen LogP contribution in [0.4, 0.5) is 0 Å². The molecular formula is C18H18N4O4S. The van der Waals surface area contributed by atoms with Crippen LogP contribution < -0.4 is 5.32 Å². The van der Waals surface area contributed by atoms with E-state index in [2.05, 4.69) is 20.4 Å². The molecule has 0 aliphatic heterocycles. The monoisotopic (exact) mass is 386 g/mol. The number of nitrogens with zero attached hydrogens (tertiary/aromatic N) is 3. The van der Waals surface area contributed by atoms with Crippen LogP contribution in [0, 0.1) is 6.92 Å². The fourth-order valence-corrected chi connectivity index (χ4v) is 3.00. The zero-order chi connectivity index (χ0) is 19.4. The van der Waals surface area contributed by atoms with Crippen molar-refractivity contribution in [3.63, 3.8) is 0 Å². The summed E-state index contributed by atoms with van der Waals surface area (Å²) in [7, 11) is -3.25. The van der Waals surface area contributed by atoms with Crippen molar-refractivity contribution in [2.75, 3.05) is 6.26 Å². The first-order valence-electron chi connectivity index (χ1n) is 8.11. The van der Waals surface area contributed by atoms with Gasteiger partial charge in [0.15, 0.2) is 15.7 Å². The molecule has 8 nitrogen and oxygen atoms in total. The smallest absolute Gasteiger partial charge is 0.253 e. The van der Waals surface area contributed by atoms with Gasteiger partial charge < -0.3 is 9.84 Å². The lowest BCUT2D eigenvalue weighted by Gasteiger charge is -2.05. The Hall–Kier alpha value is -3.07. The van der Waals surface area contributed by atoms with Crippen molar-refractivity contribution >= 4 is 15.7 Å². The van der Waals surface area contributed by atoms with Gasteiger partial charge in [-0.2, -0.15) is 4.98 Å². The Kier molecular flexibility index (Phi) is 5.31.